The topological polar surface area (TPSA) is 28.2 Å². The second kappa shape index (κ2) is 17.6. The number of hydrogen-bond acceptors (Lipinski definition) is 0. The van der Waals surface area contributed by atoms with Crippen LogP contribution in [0, 0.1) is 64.3 Å². The van der Waals surface area contributed by atoms with Crippen LogP contribution in [0.15, 0.2) is 0 Å². The number of rotatable bonds is 7. The second-order valence-electron chi connectivity index (χ2n) is 14.2. The molecule has 0 spiro atoms. The molecule has 3 aliphatic rings. The van der Waals surface area contributed by atoms with Gasteiger partial charge in [0.15, 0.2) is 0 Å². The van der Waals surface area contributed by atoms with Gasteiger partial charge in [-0.1, -0.05) is 150 Å². The van der Waals surface area contributed by atoms with Crippen LogP contribution in [0.5, 0.6) is 0 Å². The molecular weight excluding hydrogens is 706 g/mol. The third kappa shape index (κ3) is 10.5. The van der Waals surface area contributed by atoms with E-state index >= 15 is 0 Å². The van der Waals surface area contributed by atoms with Crippen molar-refractivity contribution >= 4 is 53.7 Å². The summed E-state index contributed by atoms with van der Waals surface area (Å²) in [5.41, 5.74) is 3.28. The molecule has 0 N–H and O–H groups in total. The van der Waals surface area contributed by atoms with Gasteiger partial charge in [0.2, 0.25) is 0 Å². The molecule has 0 aromatic heterocycles. The van der Waals surface area contributed by atoms with E-state index in [1.165, 1.54) is 73.0 Å². The standard InChI is InChI=1S/C32H54N2Si2.4ClH.2Ti/c1-20-21(2)25(6)29(24(20)5)35(12,13)33-31(9,10)28-16-18-32(11,19-17-28)34-36(14,15)30-26(7)22(3)23(4)27(30)8;;;;;;/h28H,16-19H2,1-15H3;4*1H;;/q-2;;;;;2*+2/p-4. The Morgan fingerprint density at radius 1 is 0.619 bits per heavy atom. The first kappa shape index (κ1) is 43.0. The maximum absolute atomic E-state index is 5.74. The summed E-state index contributed by atoms with van der Waals surface area (Å²) in [4.78, 5) is 11.5. The first-order valence-electron chi connectivity index (χ1n) is 15.0. The molecule has 3 aliphatic carbocycles. The molecule has 238 valence electrons. The summed E-state index contributed by atoms with van der Waals surface area (Å²) in [6, 6.07) is 0. The quantitative estimate of drug-likeness (QED) is 0.231. The zero-order valence-electron chi connectivity index (χ0n) is 28.8. The van der Waals surface area contributed by atoms with Gasteiger partial charge in [0.05, 0.1) is 0 Å². The van der Waals surface area contributed by atoms with Gasteiger partial charge in [0.25, 0.3) is 0 Å². The number of hydrogen-bond donors (Lipinski definition) is 0. The summed E-state index contributed by atoms with van der Waals surface area (Å²) in [6.45, 7) is 35.6. The predicted molar refractivity (Wildman–Crippen MR) is 187 cm³/mol. The Labute approximate surface area is 298 Å². The predicted octanol–water partition coefficient (Wildman–Crippen LogP) is 12.6. The van der Waals surface area contributed by atoms with Crippen molar-refractivity contribution in [2.24, 2.45) is 5.92 Å². The van der Waals surface area contributed by atoms with E-state index < -0.39 is 50.5 Å². The molecule has 0 aromatic rings. The Morgan fingerprint density at radius 3 is 1.21 bits per heavy atom. The second-order valence-corrected chi connectivity index (χ2v) is 27.0. The van der Waals surface area contributed by atoms with Gasteiger partial charge in [-0.2, -0.15) is 0 Å². The fourth-order valence-corrected chi connectivity index (χ4v) is 15.8. The van der Waals surface area contributed by atoms with Crippen molar-refractivity contribution in [3.8, 4) is 0 Å². The summed E-state index contributed by atoms with van der Waals surface area (Å²) >= 11 is -1.11. The number of halogens is 4. The van der Waals surface area contributed by atoms with E-state index in [0.29, 0.717) is 5.92 Å². The molecule has 0 unspecified atom stereocenters. The molecule has 10 radical (unpaired) electrons. The fourth-order valence-electron chi connectivity index (χ4n) is 7.93. The third-order valence-electron chi connectivity index (χ3n) is 10.3. The van der Waals surface area contributed by atoms with Crippen molar-refractivity contribution in [2.45, 2.75) is 139 Å². The van der Waals surface area contributed by atoms with E-state index in [2.05, 4.69) is 102 Å². The van der Waals surface area contributed by atoms with E-state index in [-0.39, 0.29) is 11.1 Å². The van der Waals surface area contributed by atoms with Gasteiger partial charge in [0.1, 0.15) is 0 Å². The van der Waals surface area contributed by atoms with Gasteiger partial charge in [-0.3, -0.25) is 0 Å². The Bertz CT molecular complexity index is 783. The third-order valence-corrected chi connectivity index (χ3v) is 16.5. The molecule has 0 aliphatic heterocycles. The van der Waals surface area contributed by atoms with E-state index in [4.69, 9.17) is 47.2 Å². The van der Waals surface area contributed by atoms with Gasteiger partial charge in [-0.15, -0.1) is 11.1 Å². The molecule has 0 heterocycles. The van der Waals surface area contributed by atoms with Crippen LogP contribution in [0.2, 0.25) is 26.2 Å². The van der Waals surface area contributed by atoms with Crippen LogP contribution in [0.3, 0.4) is 0 Å². The molecule has 0 aromatic carbocycles. The normalized spacial score (nSPS) is 28.0. The molecule has 10 heteroatoms. The average molecular weight is 761 g/mol. The zero-order chi connectivity index (χ0) is 33.0. The summed E-state index contributed by atoms with van der Waals surface area (Å²) in [5, 5.41) is 0. The Balaban J connectivity index is 0.00000135. The van der Waals surface area contributed by atoms with Crippen LogP contribution >= 0.6 is 37.2 Å². The molecule has 42 heavy (non-hydrogen) atoms. The molecule has 3 fully saturated rings. The SMILES string of the molecule is C[C]1[C](C)[C](C)[C]([Si](C)(C)[N-]C2(C)CCC(C(C)(C)[N-][Si](C)(C)[C]3[C](C)[C](C)[C](C)[C]3C)CC2)[C]1C.[Cl][Ti][Cl].[Cl][Ti][Cl]. The van der Waals surface area contributed by atoms with E-state index in [1.807, 2.05) is 0 Å². The van der Waals surface area contributed by atoms with Crippen LogP contribution in [-0.2, 0) is 34.1 Å². The van der Waals surface area contributed by atoms with Crippen molar-refractivity contribution in [1.29, 1.82) is 0 Å². The molecule has 2 nitrogen and oxygen atoms in total. The zero-order valence-corrected chi connectivity index (χ0v) is 37.0. The summed E-state index contributed by atoms with van der Waals surface area (Å²) < 4.78 is 0. The Morgan fingerprint density at radius 2 is 0.905 bits per heavy atom. The van der Waals surface area contributed by atoms with Crippen LogP contribution in [0.1, 0.15) is 102 Å². The Kier molecular flexibility index (Phi) is 18.0. The van der Waals surface area contributed by atoms with Crippen molar-refractivity contribution in [3.63, 3.8) is 0 Å². The van der Waals surface area contributed by atoms with E-state index in [1.54, 1.807) is 11.1 Å². The van der Waals surface area contributed by atoms with Gasteiger partial charge < -0.3 is 9.96 Å². The van der Waals surface area contributed by atoms with Crippen molar-refractivity contribution < 1.29 is 34.1 Å². The summed E-state index contributed by atoms with van der Waals surface area (Å²) in [6.07, 6.45) is 4.86. The maximum atomic E-state index is 5.74. The molecule has 3 saturated carbocycles. The monoisotopic (exact) mass is 758 g/mol. The van der Waals surface area contributed by atoms with Gasteiger partial charge in [-0.25, -0.2) is 0 Å². The number of nitrogens with zero attached hydrogens (tertiary/aromatic N) is 2. The van der Waals surface area contributed by atoms with Gasteiger partial charge >= 0.3 is 71.3 Å². The molecule has 0 atom stereocenters. The van der Waals surface area contributed by atoms with E-state index in [9.17, 15) is 0 Å². The first-order chi connectivity index (χ1) is 19.1. The van der Waals surface area contributed by atoms with Gasteiger partial charge in [0, 0.05) is 0 Å². The molecule has 3 rings (SSSR count). The van der Waals surface area contributed by atoms with Crippen molar-refractivity contribution in [3.05, 3.63) is 68.4 Å². The average Bonchev–Trinajstić information content (AvgIpc) is 3.17. The van der Waals surface area contributed by atoms with Crippen molar-refractivity contribution in [2.75, 3.05) is 0 Å². The van der Waals surface area contributed by atoms with Crippen LogP contribution < -0.4 is 0 Å². The molecular formula is C32H54Cl4N2Si2Ti2-2. The molecule has 0 saturated heterocycles. The minimum atomic E-state index is -1.92. The first-order valence-corrected chi connectivity index (χ1v) is 29.5. The van der Waals surface area contributed by atoms with Crippen LogP contribution in [0.4, 0.5) is 0 Å². The fraction of sp³-hybridized carbons (Fsp3) is 0.688. The minimum absolute atomic E-state index is 0.00896. The molecule has 0 amide bonds. The van der Waals surface area contributed by atoms with Crippen LogP contribution in [-0.4, -0.2) is 27.5 Å². The molecule has 0 bridgehead atoms. The van der Waals surface area contributed by atoms with Crippen molar-refractivity contribution in [1.82, 2.24) is 0 Å². The van der Waals surface area contributed by atoms with E-state index in [0.717, 1.165) is 0 Å². The van der Waals surface area contributed by atoms with Gasteiger partial charge in [-0.05, 0) is 58.4 Å². The van der Waals surface area contributed by atoms with Crippen LogP contribution in [0.25, 0.3) is 9.96 Å². The Hall–Kier alpha value is 2.94. The summed E-state index contributed by atoms with van der Waals surface area (Å²) in [5.74, 6) is 12.5. The summed E-state index contributed by atoms with van der Waals surface area (Å²) in [7, 11) is 15.7.